The summed E-state index contributed by atoms with van der Waals surface area (Å²) in [5.41, 5.74) is 3.20. The molecule has 1 aromatic heterocycles. The van der Waals surface area contributed by atoms with Crippen LogP contribution in [0.1, 0.15) is 27.6 Å². The Hall–Kier alpha value is -2.89. The van der Waals surface area contributed by atoms with Gasteiger partial charge < -0.3 is 15.4 Å². The molecule has 1 aliphatic heterocycles. The molecule has 4 rings (SSSR count). The third-order valence-corrected chi connectivity index (χ3v) is 4.96. The largest absolute Gasteiger partial charge is 0.371 e. The van der Waals surface area contributed by atoms with Crippen molar-refractivity contribution in [2.75, 3.05) is 25.0 Å². The van der Waals surface area contributed by atoms with Crippen molar-refractivity contribution < 1.29 is 9.53 Å². The van der Waals surface area contributed by atoms with E-state index in [4.69, 9.17) is 21.6 Å². The molecule has 1 atom stereocenters. The molecule has 0 bridgehead atoms. The Morgan fingerprint density at radius 2 is 2.10 bits per heavy atom. The van der Waals surface area contributed by atoms with E-state index < -0.39 is 0 Å². The Kier molecular flexibility index (Phi) is 7.08. The lowest BCUT2D eigenvalue weighted by Gasteiger charge is -2.24. The zero-order chi connectivity index (χ0) is 20.2. The highest BCUT2D eigenvalue weighted by Gasteiger charge is 2.18. The van der Waals surface area contributed by atoms with E-state index in [1.807, 2.05) is 12.1 Å². The Morgan fingerprint density at radius 1 is 1.30 bits per heavy atom. The second-order valence-electron chi connectivity index (χ2n) is 6.59. The molecule has 0 spiro atoms. The number of benzene rings is 2. The van der Waals surface area contributed by atoms with Gasteiger partial charge >= 0.3 is 0 Å². The van der Waals surface area contributed by atoms with Crippen molar-refractivity contribution in [1.82, 2.24) is 15.1 Å². The molecule has 2 N–H and O–H groups in total. The molecule has 9 heteroatoms. The van der Waals surface area contributed by atoms with Crippen molar-refractivity contribution in [3.63, 3.8) is 0 Å². The summed E-state index contributed by atoms with van der Waals surface area (Å²) in [5.74, 6) is -0.310. The number of hydrogen-bond donors (Lipinski definition) is 2. The summed E-state index contributed by atoms with van der Waals surface area (Å²) in [5, 5.41) is 19.6. The third-order valence-electron chi connectivity index (χ3n) is 4.65. The van der Waals surface area contributed by atoms with Gasteiger partial charge in [0.25, 0.3) is 5.91 Å². The van der Waals surface area contributed by atoms with E-state index in [0.717, 1.165) is 24.3 Å². The lowest BCUT2D eigenvalue weighted by Crippen LogP contribution is -2.33. The zero-order valence-electron chi connectivity index (χ0n) is 15.8. The fraction of sp³-hybridized carbons (Fsp3) is 0.190. The van der Waals surface area contributed by atoms with Crippen molar-refractivity contribution in [3.05, 3.63) is 76.6 Å². The fourth-order valence-electron chi connectivity index (χ4n) is 3.08. The average molecular weight is 444 g/mol. The quantitative estimate of drug-likeness (QED) is 0.640. The van der Waals surface area contributed by atoms with Gasteiger partial charge in [0.05, 0.1) is 52.5 Å². The smallest absolute Gasteiger partial charge is 0.258 e. The van der Waals surface area contributed by atoms with Crippen molar-refractivity contribution in [1.29, 1.82) is 5.26 Å². The highest BCUT2D eigenvalue weighted by molar-refractivity contribution is 6.34. The average Bonchev–Trinajstić information content (AvgIpc) is 3.26. The van der Waals surface area contributed by atoms with Crippen molar-refractivity contribution in [3.8, 4) is 11.8 Å². The van der Waals surface area contributed by atoms with Gasteiger partial charge in [-0.05, 0) is 42.0 Å². The summed E-state index contributed by atoms with van der Waals surface area (Å²) >= 11 is 6.37. The molecule has 0 aliphatic carbocycles. The summed E-state index contributed by atoms with van der Waals surface area (Å²) in [6.45, 7) is 2.23. The number of aromatic nitrogens is 2. The number of nitriles is 1. The van der Waals surface area contributed by atoms with Gasteiger partial charge in [-0.2, -0.15) is 10.4 Å². The maximum Gasteiger partial charge on any atom is 0.258 e. The second-order valence-corrected chi connectivity index (χ2v) is 7.00. The normalized spacial score (nSPS) is 15.7. The molecule has 1 aliphatic rings. The minimum Gasteiger partial charge on any atom is -0.371 e. The Labute approximate surface area is 185 Å². The molecule has 0 saturated carbocycles. The van der Waals surface area contributed by atoms with Crippen LogP contribution in [0.25, 0.3) is 5.69 Å². The number of amides is 1. The summed E-state index contributed by atoms with van der Waals surface area (Å²) in [6.07, 6.45) is 3.06. The summed E-state index contributed by atoms with van der Waals surface area (Å²) in [6, 6.07) is 14.5. The number of nitrogens with one attached hydrogen (secondary N) is 2. The number of carbonyl (C=O) groups is 1. The van der Waals surface area contributed by atoms with E-state index in [9.17, 15) is 4.79 Å². The van der Waals surface area contributed by atoms with Gasteiger partial charge in [-0.3, -0.25) is 4.79 Å². The fourth-order valence-corrected chi connectivity index (χ4v) is 3.31. The van der Waals surface area contributed by atoms with E-state index in [2.05, 4.69) is 21.8 Å². The van der Waals surface area contributed by atoms with Crippen LogP contribution < -0.4 is 10.6 Å². The lowest BCUT2D eigenvalue weighted by molar-refractivity contribution is 0.0277. The zero-order valence-corrected chi connectivity index (χ0v) is 17.4. The third kappa shape index (κ3) is 4.81. The number of carbonyl (C=O) groups excluding carboxylic acids is 1. The minimum atomic E-state index is -0.310. The van der Waals surface area contributed by atoms with Crippen LogP contribution in [-0.4, -0.2) is 35.4 Å². The van der Waals surface area contributed by atoms with E-state index in [0.29, 0.717) is 28.4 Å². The summed E-state index contributed by atoms with van der Waals surface area (Å²) in [4.78, 5) is 12.6. The lowest BCUT2D eigenvalue weighted by atomic mass is 10.1. The van der Waals surface area contributed by atoms with Crippen LogP contribution in [0.5, 0.6) is 0 Å². The highest BCUT2D eigenvalue weighted by Crippen LogP contribution is 2.28. The molecule has 1 fully saturated rings. The maximum absolute atomic E-state index is 12.6. The number of rotatable bonds is 4. The Balaban J connectivity index is 0.00000256. The standard InChI is InChI=1S/C21H18ClN5O2.ClH/c22-18-9-15(20-12-24-7-8-29-20)3-6-19(18)26-21(28)16-11-25-27(13-16)17-4-1-14(10-23)2-5-17;/h1-6,9,11,13,20,24H,7-8,12H2,(H,26,28);1H/t20-;/m1./s1. The number of anilines is 1. The van der Waals surface area contributed by atoms with Gasteiger partial charge in [0.15, 0.2) is 0 Å². The molecule has 2 heterocycles. The van der Waals surface area contributed by atoms with Gasteiger partial charge in [-0.1, -0.05) is 17.7 Å². The van der Waals surface area contributed by atoms with Gasteiger partial charge in [0.1, 0.15) is 0 Å². The highest BCUT2D eigenvalue weighted by atomic mass is 35.5. The first-order valence-corrected chi connectivity index (χ1v) is 9.50. The van der Waals surface area contributed by atoms with Gasteiger partial charge in [-0.25, -0.2) is 4.68 Å². The monoisotopic (exact) mass is 443 g/mol. The number of halogens is 2. The molecule has 154 valence electrons. The number of ether oxygens (including phenoxy) is 1. The van der Waals surface area contributed by atoms with Crippen LogP contribution in [0.3, 0.4) is 0 Å². The molecule has 0 radical (unpaired) electrons. The van der Waals surface area contributed by atoms with Crippen LogP contribution in [0.15, 0.2) is 54.9 Å². The van der Waals surface area contributed by atoms with Crippen molar-refractivity contribution in [2.45, 2.75) is 6.10 Å². The molecule has 1 amide bonds. The molecule has 1 saturated heterocycles. The van der Waals surface area contributed by atoms with Crippen LogP contribution in [0.4, 0.5) is 5.69 Å². The van der Waals surface area contributed by atoms with Crippen LogP contribution >= 0.6 is 24.0 Å². The van der Waals surface area contributed by atoms with Crippen LogP contribution in [0.2, 0.25) is 5.02 Å². The first-order chi connectivity index (χ1) is 14.1. The predicted octanol–water partition coefficient (Wildman–Crippen LogP) is 3.73. The topological polar surface area (TPSA) is 92.0 Å². The summed E-state index contributed by atoms with van der Waals surface area (Å²) < 4.78 is 7.31. The molecular weight excluding hydrogens is 425 g/mol. The van der Waals surface area contributed by atoms with Crippen molar-refractivity contribution in [2.24, 2.45) is 0 Å². The number of hydrogen-bond acceptors (Lipinski definition) is 5. The van der Waals surface area contributed by atoms with Crippen LogP contribution in [0, 0.1) is 11.3 Å². The molecule has 0 unspecified atom stereocenters. The van der Waals surface area contributed by atoms with Gasteiger partial charge in [0, 0.05) is 19.3 Å². The van der Waals surface area contributed by atoms with E-state index >= 15 is 0 Å². The maximum atomic E-state index is 12.6. The van der Waals surface area contributed by atoms with E-state index in [1.165, 1.54) is 6.20 Å². The van der Waals surface area contributed by atoms with E-state index in [1.54, 1.807) is 41.2 Å². The number of nitrogens with zero attached hydrogens (tertiary/aromatic N) is 3. The SMILES string of the molecule is Cl.N#Cc1ccc(-n2cc(C(=O)Nc3ccc([C@H]4CNCCO4)cc3Cl)cn2)cc1. The Morgan fingerprint density at radius 3 is 2.77 bits per heavy atom. The molecule has 2 aromatic carbocycles. The molecule has 7 nitrogen and oxygen atoms in total. The Bertz CT molecular complexity index is 1070. The predicted molar refractivity (Wildman–Crippen MR) is 116 cm³/mol. The van der Waals surface area contributed by atoms with Gasteiger partial charge in [-0.15, -0.1) is 12.4 Å². The first-order valence-electron chi connectivity index (χ1n) is 9.12. The first kappa shape index (κ1) is 21.8. The van der Waals surface area contributed by atoms with Crippen molar-refractivity contribution >= 4 is 35.6 Å². The second kappa shape index (κ2) is 9.74. The summed E-state index contributed by atoms with van der Waals surface area (Å²) in [7, 11) is 0. The van der Waals surface area contributed by atoms with E-state index in [-0.39, 0.29) is 24.4 Å². The molecular formula is C21H19Cl2N5O2. The minimum absolute atomic E-state index is 0. The molecule has 30 heavy (non-hydrogen) atoms. The van der Waals surface area contributed by atoms with Gasteiger partial charge in [0.2, 0.25) is 0 Å². The molecule has 3 aromatic rings. The number of morpholine rings is 1. The van der Waals surface area contributed by atoms with Crippen LogP contribution in [-0.2, 0) is 4.74 Å².